The maximum atomic E-state index is 12.4. The number of carbonyl (C=O) groups excluding carboxylic acids is 2. The Labute approximate surface area is 158 Å². The molecule has 9 heteroatoms. The van der Waals surface area contributed by atoms with E-state index in [0.29, 0.717) is 13.1 Å². The molecule has 0 aliphatic heterocycles. The first kappa shape index (κ1) is 20.7. The van der Waals surface area contributed by atoms with E-state index in [1.54, 1.807) is 32.0 Å². The average Bonchev–Trinajstić information content (AvgIpc) is 3.20. The van der Waals surface area contributed by atoms with Crippen LogP contribution < -0.4 is 10.6 Å². The van der Waals surface area contributed by atoms with Gasteiger partial charge in [0.05, 0.1) is 17.7 Å². The Morgan fingerprint density at radius 1 is 1.04 bits per heavy atom. The van der Waals surface area contributed by atoms with Crippen molar-refractivity contribution in [1.82, 2.24) is 14.9 Å². The Morgan fingerprint density at radius 3 is 2.26 bits per heavy atom. The van der Waals surface area contributed by atoms with Crippen LogP contribution in [0, 0.1) is 0 Å². The first-order valence-electron chi connectivity index (χ1n) is 8.56. The molecule has 0 atom stereocenters. The van der Waals surface area contributed by atoms with Gasteiger partial charge in [-0.3, -0.25) is 9.59 Å². The number of hydrogen-bond acceptors (Lipinski definition) is 5. The highest BCUT2D eigenvalue weighted by Crippen LogP contribution is 2.16. The van der Waals surface area contributed by atoms with E-state index in [0.717, 1.165) is 5.56 Å². The van der Waals surface area contributed by atoms with Gasteiger partial charge in [0.15, 0.2) is 5.76 Å². The molecule has 0 radical (unpaired) electrons. The van der Waals surface area contributed by atoms with Gasteiger partial charge in [0.25, 0.3) is 5.91 Å². The SMILES string of the molecule is CCN(CC)S(=O)(=O)c1ccc(CNC(=O)CNC(=O)c2ccco2)cc1. The molecule has 1 aromatic heterocycles. The summed E-state index contributed by atoms with van der Waals surface area (Å²) in [5, 5.41) is 5.10. The van der Waals surface area contributed by atoms with Gasteiger partial charge in [0, 0.05) is 19.6 Å². The van der Waals surface area contributed by atoms with Gasteiger partial charge >= 0.3 is 0 Å². The van der Waals surface area contributed by atoms with Gasteiger partial charge in [-0.2, -0.15) is 4.31 Å². The van der Waals surface area contributed by atoms with Crippen LogP contribution in [0.5, 0.6) is 0 Å². The fourth-order valence-electron chi connectivity index (χ4n) is 2.41. The molecule has 2 amide bonds. The Hall–Kier alpha value is -2.65. The quantitative estimate of drug-likeness (QED) is 0.669. The second kappa shape index (κ2) is 9.33. The van der Waals surface area contributed by atoms with Gasteiger partial charge < -0.3 is 15.1 Å². The lowest BCUT2D eigenvalue weighted by Crippen LogP contribution is -2.36. The highest BCUT2D eigenvalue weighted by Gasteiger charge is 2.21. The van der Waals surface area contributed by atoms with Crippen LogP contribution in [0.1, 0.15) is 30.0 Å². The zero-order valence-corrected chi connectivity index (χ0v) is 16.1. The lowest BCUT2D eigenvalue weighted by atomic mass is 10.2. The van der Waals surface area contributed by atoms with Gasteiger partial charge in [-0.05, 0) is 29.8 Å². The lowest BCUT2D eigenvalue weighted by molar-refractivity contribution is -0.120. The Balaban J connectivity index is 1.86. The third-order valence-electron chi connectivity index (χ3n) is 3.91. The minimum absolute atomic E-state index is 0.132. The average molecular weight is 393 g/mol. The monoisotopic (exact) mass is 393 g/mol. The van der Waals surface area contributed by atoms with Crippen LogP contribution in [0.4, 0.5) is 0 Å². The number of sulfonamides is 1. The number of benzene rings is 1. The van der Waals surface area contributed by atoms with Crippen LogP contribution in [-0.4, -0.2) is 44.2 Å². The van der Waals surface area contributed by atoms with Crippen molar-refractivity contribution < 1.29 is 22.4 Å². The largest absolute Gasteiger partial charge is 0.459 e. The van der Waals surface area contributed by atoms with Crippen LogP contribution in [0.25, 0.3) is 0 Å². The van der Waals surface area contributed by atoms with Gasteiger partial charge in [-0.25, -0.2) is 8.42 Å². The molecular formula is C18H23N3O5S. The van der Waals surface area contributed by atoms with E-state index in [1.807, 2.05) is 0 Å². The Kier molecular flexibility index (Phi) is 7.14. The maximum Gasteiger partial charge on any atom is 0.287 e. The summed E-state index contributed by atoms with van der Waals surface area (Å²) in [6.07, 6.45) is 1.37. The van der Waals surface area contributed by atoms with Crippen molar-refractivity contribution >= 4 is 21.8 Å². The van der Waals surface area contributed by atoms with Gasteiger partial charge in [0.1, 0.15) is 0 Å². The molecule has 8 nitrogen and oxygen atoms in total. The fraction of sp³-hybridized carbons (Fsp3) is 0.333. The summed E-state index contributed by atoms with van der Waals surface area (Å²) >= 11 is 0. The Bertz CT molecular complexity index is 857. The molecule has 0 unspecified atom stereocenters. The minimum Gasteiger partial charge on any atom is -0.459 e. The van der Waals surface area contributed by atoms with E-state index in [2.05, 4.69) is 10.6 Å². The van der Waals surface area contributed by atoms with Crippen molar-refractivity contribution in [3.8, 4) is 0 Å². The van der Waals surface area contributed by atoms with Gasteiger partial charge in [0.2, 0.25) is 15.9 Å². The summed E-state index contributed by atoms with van der Waals surface area (Å²) in [6, 6.07) is 9.43. The normalized spacial score (nSPS) is 11.4. The first-order valence-corrected chi connectivity index (χ1v) is 10.00. The van der Waals surface area contributed by atoms with Crippen LogP contribution >= 0.6 is 0 Å². The van der Waals surface area contributed by atoms with Gasteiger partial charge in [-0.1, -0.05) is 26.0 Å². The van der Waals surface area contributed by atoms with Crippen molar-refractivity contribution in [3.05, 3.63) is 54.0 Å². The van der Waals surface area contributed by atoms with Crippen LogP contribution in [0.15, 0.2) is 52.0 Å². The van der Waals surface area contributed by atoms with Crippen molar-refractivity contribution in [2.45, 2.75) is 25.3 Å². The fourth-order valence-corrected chi connectivity index (χ4v) is 3.87. The summed E-state index contributed by atoms with van der Waals surface area (Å²) in [4.78, 5) is 23.7. The van der Waals surface area contributed by atoms with E-state index >= 15 is 0 Å². The molecule has 27 heavy (non-hydrogen) atoms. The molecule has 2 N–H and O–H groups in total. The van der Waals surface area contributed by atoms with E-state index in [1.165, 1.54) is 28.8 Å². The molecule has 2 rings (SSSR count). The van der Waals surface area contributed by atoms with Crippen molar-refractivity contribution in [2.24, 2.45) is 0 Å². The van der Waals surface area contributed by atoms with E-state index < -0.39 is 15.9 Å². The van der Waals surface area contributed by atoms with Crippen molar-refractivity contribution in [2.75, 3.05) is 19.6 Å². The zero-order valence-electron chi connectivity index (χ0n) is 15.3. The molecular weight excluding hydrogens is 370 g/mol. The third-order valence-corrected chi connectivity index (χ3v) is 5.97. The molecule has 1 heterocycles. The summed E-state index contributed by atoms with van der Waals surface area (Å²) in [7, 11) is -3.50. The number of rotatable bonds is 9. The molecule has 146 valence electrons. The molecule has 1 aromatic carbocycles. The van der Waals surface area contributed by atoms with Crippen molar-refractivity contribution in [1.29, 1.82) is 0 Å². The topological polar surface area (TPSA) is 109 Å². The van der Waals surface area contributed by atoms with E-state index in [-0.39, 0.29) is 29.7 Å². The van der Waals surface area contributed by atoms with Crippen LogP contribution in [-0.2, 0) is 21.4 Å². The number of carbonyl (C=O) groups is 2. The van der Waals surface area contributed by atoms with Crippen LogP contribution in [0.2, 0.25) is 0 Å². The summed E-state index contributed by atoms with van der Waals surface area (Å²) < 4.78 is 31.2. The molecule has 0 saturated carbocycles. The summed E-state index contributed by atoms with van der Waals surface area (Å²) in [6.45, 7) is 4.42. The highest BCUT2D eigenvalue weighted by atomic mass is 32.2. The van der Waals surface area contributed by atoms with Crippen LogP contribution in [0.3, 0.4) is 0 Å². The third kappa shape index (κ3) is 5.41. The maximum absolute atomic E-state index is 12.4. The number of furan rings is 1. The smallest absolute Gasteiger partial charge is 0.287 e. The molecule has 0 aliphatic carbocycles. The number of nitrogens with zero attached hydrogens (tertiary/aromatic N) is 1. The molecule has 0 bridgehead atoms. The molecule has 0 aliphatic rings. The standard InChI is InChI=1S/C18H23N3O5S/c1-3-21(4-2)27(24,25)15-9-7-14(8-10-15)12-19-17(22)13-20-18(23)16-6-5-11-26-16/h5-11H,3-4,12-13H2,1-2H3,(H,19,22)(H,20,23). The predicted octanol–water partition coefficient (Wildman–Crippen LogP) is 1.36. The summed E-state index contributed by atoms with van der Waals surface area (Å²) in [5.74, 6) is -0.705. The van der Waals surface area contributed by atoms with E-state index in [4.69, 9.17) is 4.42 Å². The zero-order chi connectivity index (χ0) is 19.9. The van der Waals surface area contributed by atoms with Gasteiger partial charge in [-0.15, -0.1) is 0 Å². The predicted molar refractivity (Wildman–Crippen MR) is 99.4 cm³/mol. The molecule has 0 spiro atoms. The number of amides is 2. The highest BCUT2D eigenvalue weighted by molar-refractivity contribution is 7.89. The number of hydrogen-bond donors (Lipinski definition) is 2. The molecule has 0 fully saturated rings. The van der Waals surface area contributed by atoms with E-state index in [9.17, 15) is 18.0 Å². The molecule has 0 saturated heterocycles. The summed E-state index contributed by atoms with van der Waals surface area (Å²) in [5.41, 5.74) is 0.749. The lowest BCUT2D eigenvalue weighted by Gasteiger charge is -2.18. The first-order chi connectivity index (χ1) is 12.9. The number of nitrogens with one attached hydrogen (secondary N) is 2. The molecule has 2 aromatic rings. The Morgan fingerprint density at radius 2 is 1.70 bits per heavy atom. The van der Waals surface area contributed by atoms with Crippen molar-refractivity contribution in [3.63, 3.8) is 0 Å². The minimum atomic E-state index is -3.50. The second-order valence-electron chi connectivity index (χ2n) is 5.67. The second-order valence-corrected chi connectivity index (χ2v) is 7.61.